The van der Waals surface area contributed by atoms with Crippen LogP contribution >= 0.6 is 0 Å². The van der Waals surface area contributed by atoms with Gasteiger partial charge in [-0.05, 0) is 33.3 Å². The van der Waals surface area contributed by atoms with Gasteiger partial charge in [-0.2, -0.15) is 0 Å². The fourth-order valence-corrected chi connectivity index (χ4v) is 1.80. The molecule has 0 aliphatic rings. The maximum absolute atomic E-state index is 13.9. The molecule has 8 heteroatoms. The molecule has 1 atom stereocenters. The molecule has 1 aromatic rings. The predicted molar refractivity (Wildman–Crippen MR) is 76.9 cm³/mol. The summed E-state index contributed by atoms with van der Waals surface area (Å²) in [4.78, 5) is 21.9. The van der Waals surface area contributed by atoms with Crippen LogP contribution in [-0.4, -0.2) is 28.3 Å². The van der Waals surface area contributed by atoms with Crippen LogP contribution < -0.4 is 5.32 Å². The summed E-state index contributed by atoms with van der Waals surface area (Å²) in [5.41, 5.74) is -1.12. The average molecular weight is 314 g/mol. The van der Waals surface area contributed by atoms with Crippen molar-refractivity contribution in [2.24, 2.45) is 0 Å². The second-order valence-corrected chi connectivity index (χ2v) is 5.67. The SMILES string of the molecule is CC(C)(C)OC(=O)NC(CCO)c1cc([N+](=O)[O-])ccc1F. The van der Waals surface area contributed by atoms with Crippen molar-refractivity contribution in [1.29, 1.82) is 0 Å². The Balaban J connectivity index is 3.02. The lowest BCUT2D eigenvalue weighted by Gasteiger charge is -2.23. The molecule has 1 aromatic carbocycles. The average Bonchev–Trinajstić information content (AvgIpc) is 2.36. The van der Waals surface area contributed by atoms with Crippen LogP contribution in [0.1, 0.15) is 38.8 Å². The molecule has 22 heavy (non-hydrogen) atoms. The number of hydrogen-bond donors (Lipinski definition) is 2. The van der Waals surface area contributed by atoms with Gasteiger partial charge in [-0.1, -0.05) is 0 Å². The molecule has 1 rings (SSSR count). The molecule has 0 radical (unpaired) electrons. The molecule has 0 aromatic heterocycles. The van der Waals surface area contributed by atoms with E-state index in [1.54, 1.807) is 20.8 Å². The Morgan fingerprint density at radius 2 is 2.14 bits per heavy atom. The van der Waals surface area contributed by atoms with Crippen LogP contribution in [0.25, 0.3) is 0 Å². The predicted octanol–water partition coefficient (Wildman–Crippen LogP) is 2.68. The standard InChI is InChI=1S/C14H19FN2O5/c1-14(2,3)22-13(19)16-12(6-7-18)10-8-9(17(20)21)4-5-11(10)15/h4-5,8,12,18H,6-7H2,1-3H3,(H,16,19). The topological polar surface area (TPSA) is 102 Å². The first kappa shape index (κ1) is 17.8. The van der Waals surface area contributed by atoms with E-state index in [4.69, 9.17) is 9.84 Å². The van der Waals surface area contributed by atoms with Gasteiger partial charge in [0, 0.05) is 24.3 Å². The number of carbonyl (C=O) groups is 1. The van der Waals surface area contributed by atoms with E-state index in [-0.39, 0.29) is 24.3 Å². The van der Waals surface area contributed by atoms with E-state index in [1.807, 2.05) is 0 Å². The number of alkyl carbamates (subject to hydrolysis) is 1. The highest BCUT2D eigenvalue weighted by Crippen LogP contribution is 2.25. The first-order valence-corrected chi connectivity index (χ1v) is 6.68. The van der Waals surface area contributed by atoms with Crippen LogP contribution in [0.5, 0.6) is 0 Å². The van der Waals surface area contributed by atoms with Crippen molar-refractivity contribution in [2.75, 3.05) is 6.61 Å². The maximum atomic E-state index is 13.9. The zero-order valence-electron chi connectivity index (χ0n) is 12.6. The number of ether oxygens (including phenoxy) is 1. The third kappa shape index (κ3) is 5.28. The lowest BCUT2D eigenvalue weighted by molar-refractivity contribution is -0.385. The number of benzene rings is 1. The van der Waals surface area contributed by atoms with Crippen LogP contribution in [0.15, 0.2) is 18.2 Å². The summed E-state index contributed by atoms with van der Waals surface area (Å²) in [7, 11) is 0. The summed E-state index contributed by atoms with van der Waals surface area (Å²) in [5.74, 6) is -0.708. The number of nitro groups is 1. The van der Waals surface area contributed by atoms with Crippen LogP contribution in [-0.2, 0) is 4.74 Å². The lowest BCUT2D eigenvalue weighted by atomic mass is 10.0. The first-order chi connectivity index (χ1) is 10.1. The minimum atomic E-state index is -0.931. The van der Waals surface area contributed by atoms with Crippen LogP contribution in [0.4, 0.5) is 14.9 Å². The molecular weight excluding hydrogens is 295 g/mol. The Bertz CT molecular complexity index is 557. The van der Waals surface area contributed by atoms with Gasteiger partial charge in [-0.3, -0.25) is 10.1 Å². The first-order valence-electron chi connectivity index (χ1n) is 6.68. The number of nitrogens with zero attached hydrogens (tertiary/aromatic N) is 1. The Hall–Kier alpha value is -2.22. The van der Waals surface area contributed by atoms with E-state index in [9.17, 15) is 19.3 Å². The number of non-ortho nitro benzene ring substituents is 1. The van der Waals surface area contributed by atoms with Crippen molar-refractivity contribution in [1.82, 2.24) is 5.32 Å². The molecule has 0 spiro atoms. The molecule has 0 fully saturated rings. The number of aliphatic hydroxyl groups excluding tert-OH is 1. The molecule has 0 heterocycles. The van der Waals surface area contributed by atoms with Crippen molar-refractivity contribution in [3.05, 3.63) is 39.7 Å². The Morgan fingerprint density at radius 1 is 1.50 bits per heavy atom. The highest BCUT2D eigenvalue weighted by atomic mass is 19.1. The fraction of sp³-hybridized carbons (Fsp3) is 0.500. The van der Waals surface area contributed by atoms with Gasteiger partial charge in [0.1, 0.15) is 11.4 Å². The van der Waals surface area contributed by atoms with Gasteiger partial charge in [0.25, 0.3) is 5.69 Å². The van der Waals surface area contributed by atoms with Crippen molar-refractivity contribution in [2.45, 2.75) is 38.8 Å². The second kappa shape index (κ2) is 7.17. The summed E-state index contributed by atoms with van der Waals surface area (Å²) in [6.45, 7) is 4.67. The van der Waals surface area contributed by atoms with Crippen molar-refractivity contribution in [3.63, 3.8) is 0 Å². The molecule has 0 bridgehead atoms. The quantitative estimate of drug-likeness (QED) is 0.642. The third-order valence-corrected chi connectivity index (χ3v) is 2.67. The molecule has 0 saturated heterocycles. The van der Waals surface area contributed by atoms with Crippen LogP contribution in [0, 0.1) is 15.9 Å². The molecule has 7 nitrogen and oxygen atoms in total. The van der Waals surface area contributed by atoms with Gasteiger partial charge in [-0.25, -0.2) is 9.18 Å². The fourth-order valence-electron chi connectivity index (χ4n) is 1.80. The van der Waals surface area contributed by atoms with Gasteiger partial charge >= 0.3 is 6.09 Å². The molecule has 1 unspecified atom stereocenters. The molecule has 0 saturated carbocycles. The second-order valence-electron chi connectivity index (χ2n) is 5.67. The maximum Gasteiger partial charge on any atom is 0.408 e. The lowest BCUT2D eigenvalue weighted by Crippen LogP contribution is -2.35. The third-order valence-electron chi connectivity index (χ3n) is 2.67. The van der Waals surface area contributed by atoms with Gasteiger partial charge < -0.3 is 15.2 Å². The van der Waals surface area contributed by atoms with Crippen molar-refractivity contribution < 1.29 is 24.0 Å². The minimum Gasteiger partial charge on any atom is -0.444 e. The van der Waals surface area contributed by atoms with Crippen molar-refractivity contribution >= 4 is 11.8 Å². The number of nitro benzene ring substituents is 1. The number of hydrogen-bond acceptors (Lipinski definition) is 5. The summed E-state index contributed by atoms with van der Waals surface area (Å²) < 4.78 is 19.0. The Labute approximate surface area is 127 Å². The highest BCUT2D eigenvalue weighted by Gasteiger charge is 2.24. The molecule has 2 N–H and O–H groups in total. The zero-order valence-corrected chi connectivity index (χ0v) is 12.6. The summed E-state index contributed by atoms with van der Waals surface area (Å²) in [6, 6.07) is 2.09. The van der Waals surface area contributed by atoms with E-state index in [0.717, 1.165) is 18.2 Å². The summed E-state index contributed by atoms with van der Waals surface area (Å²) in [5, 5.41) is 22.3. The number of aliphatic hydroxyl groups is 1. The van der Waals surface area contributed by atoms with Gasteiger partial charge in [0.2, 0.25) is 0 Å². The molecular formula is C14H19FN2O5. The number of carbonyl (C=O) groups excluding carboxylic acids is 1. The summed E-state index contributed by atoms with van der Waals surface area (Å²) in [6.07, 6.45) is -0.797. The normalized spacial score (nSPS) is 12.6. The van der Waals surface area contributed by atoms with E-state index in [2.05, 4.69) is 5.32 Å². The Morgan fingerprint density at radius 3 is 2.64 bits per heavy atom. The van der Waals surface area contributed by atoms with E-state index in [1.165, 1.54) is 0 Å². The highest BCUT2D eigenvalue weighted by molar-refractivity contribution is 5.68. The smallest absolute Gasteiger partial charge is 0.408 e. The van der Waals surface area contributed by atoms with E-state index >= 15 is 0 Å². The Kier molecular flexibility index (Phi) is 5.81. The van der Waals surface area contributed by atoms with Gasteiger partial charge in [0.15, 0.2) is 0 Å². The number of nitrogens with one attached hydrogen (secondary N) is 1. The number of halogens is 1. The van der Waals surface area contributed by atoms with E-state index in [0.29, 0.717) is 0 Å². The molecule has 0 aliphatic carbocycles. The van der Waals surface area contributed by atoms with Gasteiger partial charge in [-0.15, -0.1) is 0 Å². The molecule has 122 valence electrons. The molecule has 1 amide bonds. The number of rotatable bonds is 5. The zero-order chi connectivity index (χ0) is 16.9. The van der Waals surface area contributed by atoms with Crippen molar-refractivity contribution in [3.8, 4) is 0 Å². The van der Waals surface area contributed by atoms with E-state index < -0.39 is 28.5 Å². The number of amides is 1. The molecule has 0 aliphatic heterocycles. The monoisotopic (exact) mass is 314 g/mol. The summed E-state index contributed by atoms with van der Waals surface area (Å²) >= 11 is 0. The van der Waals surface area contributed by atoms with Gasteiger partial charge in [0.05, 0.1) is 11.0 Å². The van der Waals surface area contributed by atoms with Crippen LogP contribution in [0.2, 0.25) is 0 Å². The van der Waals surface area contributed by atoms with Crippen LogP contribution in [0.3, 0.4) is 0 Å². The largest absolute Gasteiger partial charge is 0.444 e. The minimum absolute atomic E-state index is 0.00265.